The number of nitrogens with zero attached hydrogens (tertiary/aromatic N) is 2. The molecule has 1 unspecified atom stereocenters. The van der Waals surface area contributed by atoms with Crippen LogP contribution in [0.3, 0.4) is 0 Å². The normalized spacial score (nSPS) is 15.9. The van der Waals surface area contributed by atoms with E-state index in [4.69, 9.17) is 9.15 Å². The van der Waals surface area contributed by atoms with E-state index in [0.717, 1.165) is 43.1 Å². The van der Waals surface area contributed by atoms with Gasteiger partial charge in [-0.2, -0.15) is 0 Å². The van der Waals surface area contributed by atoms with E-state index >= 15 is 0 Å². The summed E-state index contributed by atoms with van der Waals surface area (Å²) < 4.78 is 11.4. The van der Waals surface area contributed by atoms with E-state index in [-0.39, 0.29) is 12.1 Å². The highest BCUT2D eigenvalue weighted by molar-refractivity contribution is 5.74. The molecule has 28 heavy (non-hydrogen) atoms. The Labute approximate surface area is 167 Å². The highest BCUT2D eigenvalue weighted by Crippen LogP contribution is 2.23. The zero-order valence-corrected chi connectivity index (χ0v) is 16.9. The molecule has 1 saturated heterocycles. The van der Waals surface area contributed by atoms with Gasteiger partial charge in [0.2, 0.25) is 0 Å². The summed E-state index contributed by atoms with van der Waals surface area (Å²) >= 11 is 0. The average molecular weight is 386 g/mol. The number of hydrogen-bond donors (Lipinski definition) is 1. The second-order valence-electron chi connectivity index (χ2n) is 7.21. The number of ether oxygens (including phenoxy) is 1. The summed E-state index contributed by atoms with van der Waals surface area (Å²) in [6, 6.07) is 14.1. The first-order valence-electron chi connectivity index (χ1n) is 10.1. The summed E-state index contributed by atoms with van der Waals surface area (Å²) in [7, 11) is 0. The van der Waals surface area contributed by atoms with Crippen molar-refractivity contribution in [2.24, 2.45) is 0 Å². The van der Waals surface area contributed by atoms with Crippen LogP contribution in [0.5, 0.6) is 0 Å². The van der Waals surface area contributed by atoms with Crippen LogP contribution >= 0.6 is 0 Å². The van der Waals surface area contributed by atoms with Gasteiger partial charge in [-0.25, -0.2) is 4.79 Å². The fourth-order valence-electron chi connectivity index (χ4n) is 3.55. The Kier molecular flexibility index (Phi) is 7.51. The van der Waals surface area contributed by atoms with Crippen molar-refractivity contribution in [1.82, 2.24) is 15.1 Å². The fourth-order valence-corrected chi connectivity index (χ4v) is 3.55. The highest BCUT2D eigenvalue weighted by atomic mass is 16.5. The van der Waals surface area contributed by atoms with Gasteiger partial charge in [0.15, 0.2) is 0 Å². The van der Waals surface area contributed by atoms with Crippen molar-refractivity contribution in [2.45, 2.75) is 32.9 Å². The summed E-state index contributed by atoms with van der Waals surface area (Å²) in [4.78, 5) is 17.1. The lowest BCUT2D eigenvalue weighted by molar-refractivity contribution is 0.0119. The Balaban J connectivity index is 1.65. The SMILES string of the molecule is CCCN(Cc1ccccc1)C(=O)NCC(c1ccc(C)o1)N1CCOCC1. The number of urea groups is 1. The molecular weight excluding hydrogens is 354 g/mol. The first-order chi connectivity index (χ1) is 13.7. The predicted molar refractivity (Wildman–Crippen MR) is 109 cm³/mol. The van der Waals surface area contributed by atoms with Crippen LogP contribution in [0.15, 0.2) is 46.9 Å². The monoisotopic (exact) mass is 385 g/mol. The predicted octanol–water partition coefficient (Wildman–Crippen LogP) is 3.58. The quantitative estimate of drug-likeness (QED) is 0.755. The molecule has 0 radical (unpaired) electrons. The molecule has 6 nitrogen and oxygen atoms in total. The molecule has 2 heterocycles. The molecular formula is C22H31N3O3. The van der Waals surface area contributed by atoms with E-state index in [0.29, 0.717) is 26.3 Å². The molecule has 1 N–H and O–H groups in total. The van der Waals surface area contributed by atoms with Crippen LogP contribution < -0.4 is 5.32 Å². The van der Waals surface area contributed by atoms with Crippen molar-refractivity contribution in [2.75, 3.05) is 39.4 Å². The smallest absolute Gasteiger partial charge is 0.317 e. The Morgan fingerprint density at radius 1 is 1.18 bits per heavy atom. The van der Waals surface area contributed by atoms with E-state index in [2.05, 4.69) is 29.3 Å². The molecule has 1 aromatic carbocycles. The summed E-state index contributed by atoms with van der Waals surface area (Å²) in [6.07, 6.45) is 0.921. The van der Waals surface area contributed by atoms with Crippen molar-refractivity contribution in [1.29, 1.82) is 0 Å². The molecule has 3 rings (SSSR count). The Bertz CT molecular complexity index is 726. The summed E-state index contributed by atoms with van der Waals surface area (Å²) in [5.74, 6) is 1.78. The maximum atomic E-state index is 12.9. The molecule has 0 saturated carbocycles. The molecule has 6 heteroatoms. The van der Waals surface area contributed by atoms with Crippen molar-refractivity contribution in [3.63, 3.8) is 0 Å². The van der Waals surface area contributed by atoms with Gasteiger partial charge < -0.3 is 19.4 Å². The van der Waals surface area contributed by atoms with Gasteiger partial charge in [0.1, 0.15) is 11.5 Å². The molecule has 0 spiro atoms. The molecule has 2 amide bonds. The van der Waals surface area contributed by atoms with Gasteiger partial charge in [0.25, 0.3) is 0 Å². The van der Waals surface area contributed by atoms with E-state index in [1.807, 2.05) is 42.2 Å². The van der Waals surface area contributed by atoms with E-state index < -0.39 is 0 Å². The third kappa shape index (κ3) is 5.59. The molecule has 2 aromatic rings. The molecule has 0 bridgehead atoms. The number of benzene rings is 1. The van der Waals surface area contributed by atoms with Gasteiger partial charge in [-0.15, -0.1) is 0 Å². The lowest BCUT2D eigenvalue weighted by Gasteiger charge is -2.34. The summed E-state index contributed by atoms with van der Waals surface area (Å²) in [5.41, 5.74) is 1.14. The van der Waals surface area contributed by atoms with Crippen LogP contribution in [-0.2, 0) is 11.3 Å². The van der Waals surface area contributed by atoms with Gasteiger partial charge in [0.05, 0.1) is 19.3 Å². The van der Waals surface area contributed by atoms with Crippen LogP contribution in [0, 0.1) is 6.92 Å². The van der Waals surface area contributed by atoms with E-state index in [1.165, 1.54) is 0 Å². The number of nitrogens with one attached hydrogen (secondary N) is 1. The standard InChI is InChI=1S/C22H31N3O3/c1-3-11-25(17-19-7-5-4-6-8-19)22(26)23-16-20(21-10-9-18(2)28-21)24-12-14-27-15-13-24/h4-10,20H,3,11-17H2,1-2H3,(H,23,26). The number of rotatable bonds is 8. The molecule has 152 valence electrons. The number of carbonyl (C=O) groups is 1. The van der Waals surface area contributed by atoms with Crippen molar-refractivity contribution >= 4 is 6.03 Å². The second kappa shape index (κ2) is 10.3. The molecule has 1 aromatic heterocycles. The van der Waals surface area contributed by atoms with Crippen molar-refractivity contribution in [3.05, 3.63) is 59.5 Å². The third-order valence-corrected chi connectivity index (χ3v) is 5.02. The van der Waals surface area contributed by atoms with Crippen LogP contribution in [-0.4, -0.2) is 55.2 Å². The number of morpholine rings is 1. The Morgan fingerprint density at radius 2 is 1.93 bits per heavy atom. The lowest BCUT2D eigenvalue weighted by Crippen LogP contribution is -2.46. The minimum atomic E-state index is -0.0350. The maximum absolute atomic E-state index is 12.9. The van der Waals surface area contributed by atoms with Gasteiger partial charge >= 0.3 is 6.03 Å². The highest BCUT2D eigenvalue weighted by Gasteiger charge is 2.26. The van der Waals surface area contributed by atoms with E-state index in [9.17, 15) is 4.79 Å². The van der Waals surface area contributed by atoms with Gasteiger partial charge in [-0.1, -0.05) is 37.3 Å². The van der Waals surface area contributed by atoms with Crippen molar-refractivity contribution < 1.29 is 13.9 Å². The molecule has 1 aliphatic rings. The van der Waals surface area contributed by atoms with Gasteiger partial charge in [-0.3, -0.25) is 4.90 Å². The molecule has 1 aliphatic heterocycles. The number of hydrogen-bond acceptors (Lipinski definition) is 4. The minimum Gasteiger partial charge on any atom is -0.465 e. The summed E-state index contributed by atoms with van der Waals surface area (Å²) in [6.45, 7) is 8.98. The zero-order valence-electron chi connectivity index (χ0n) is 16.9. The topological polar surface area (TPSA) is 58.0 Å². The Hall–Kier alpha value is -2.31. The van der Waals surface area contributed by atoms with Crippen LogP contribution in [0.4, 0.5) is 4.79 Å². The molecule has 1 fully saturated rings. The summed E-state index contributed by atoms with van der Waals surface area (Å²) in [5, 5.41) is 3.14. The van der Waals surface area contributed by atoms with Crippen LogP contribution in [0.1, 0.15) is 36.5 Å². The molecule has 0 aliphatic carbocycles. The second-order valence-corrected chi connectivity index (χ2v) is 7.21. The number of aryl methyl sites for hydroxylation is 1. The largest absolute Gasteiger partial charge is 0.465 e. The average Bonchev–Trinajstić information content (AvgIpc) is 3.15. The number of amides is 2. The molecule has 1 atom stereocenters. The van der Waals surface area contributed by atoms with E-state index in [1.54, 1.807) is 0 Å². The van der Waals surface area contributed by atoms with Crippen molar-refractivity contribution in [3.8, 4) is 0 Å². The fraction of sp³-hybridized carbons (Fsp3) is 0.500. The number of furan rings is 1. The van der Waals surface area contributed by atoms with Gasteiger partial charge in [-0.05, 0) is 31.0 Å². The number of carbonyl (C=O) groups excluding carboxylic acids is 1. The first-order valence-corrected chi connectivity index (χ1v) is 10.1. The van der Waals surface area contributed by atoms with Gasteiger partial charge in [0, 0.05) is 32.7 Å². The van der Waals surface area contributed by atoms with Crippen LogP contribution in [0.25, 0.3) is 0 Å². The van der Waals surface area contributed by atoms with Crippen LogP contribution in [0.2, 0.25) is 0 Å². The minimum absolute atomic E-state index is 0.0155. The first kappa shape index (κ1) is 20.4. The lowest BCUT2D eigenvalue weighted by atomic mass is 10.1. The Morgan fingerprint density at radius 3 is 2.57 bits per heavy atom. The third-order valence-electron chi connectivity index (χ3n) is 5.02. The zero-order chi connectivity index (χ0) is 19.8. The maximum Gasteiger partial charge on any atom is 0.317 e.